The van der Waals surface area contributed by atoms with Gasteiger partial charge in [-0.2, -0.15) is 0 Å². The highest BCUT2D eigenvalue weighted by molar-refractivity contribution is 6.07. The van der Waals surface area contributed by atoms with Gasteiger partial charge in [-0.1, -0.05) is 38.1 Å². The third-order valence-electron chi connectivity index (χ3n) is 5.19. The number of benzene rings is 2. The van der Waals surface area contributed by atoms with Crippen LogP contribution in [0.3, 0.4) is 0 Å². The molecule has 2 aromatic carbocycles. The molecule has 0 saturated heterocycles. The number of aromatic nitrogens is 1. The normalized spacial score (nSPS) is 10.9. The summed E-state index contributed by atoms with van der Waals surface area (Å²) in [4.78, 5) is 29.4. The molecule has 0 bridgehead atoms. The Morgan fingerprint density at radius 3 is 2.38 bits per heavy atom. The molecule has 0 aliphatic carbocycles. The van der Waals surface area contributed by atoms with Gasteiger partial charge < -0.3 is 11.1 Å². The van der Waals surface area contributed by atoms with Gasteiger partial charge >= 0.3 is 0 Å². The highest BCUT2D eigenvalue weighted by atomic mass is 19.1. The number of carbonyl (C=O) groups is 2. The predicted molar refractivity (Wildman–Crippen MR) is 123 cm³/mol. The number of rotatable bonds is 9. The summed E-state index contributed by atoms with van der Waals surface area (Å²) in [6.07, 6.45) is 5.32. The van der Waals surface area contributed by atoms with Crippen LogP contribution in [0.25, 0.3) is 0 Å². The summed E-state index contributed by atoms with van der Waals surface area (Å²) in [6, 6.07) is 13.7. The summed E-state index contributed by atoms with van der Waals surface area (Å²) < 4.78 is 13.2. The molecular weight excluding hydrogens is 405 g/mol. The zero-order chi connectivity index (χ0) is 23.1. The van der Waals surface area contributed by atoms with Crippen LogP contribution in [0.5, 0.6) is 0 Å². The molecule has 32 heavy (non-hydrogen) atoms. The van der Waals surface area contributed by atoms with Crippen LogP contribution in [0.2, 0.25) is 0 Å². The second-order valence-corrected chi connectivity index (χ2v) is 8.31. The molecule has 0 spiro atoms. The van der Waals surface area contributed by atoms with E-state index < -0.39 is 5.91 Å². The van der Waals surface area contributed by atoms with Gasteiger partial charge in [0.1, 0.15) is 5.82 Å². The van der Waals surface area contributed by atoms with Crippen LogP contribution in [0.1, 0.15) is 56.8 Å². The van der Waals surface area contributed by atoms with Crippen molar-refractivity contribution in [3.8, 4) is 0 Å². The van der Waals surface area contributed by atoms with Gasteiger partial charge in [0.25, 0.3) is 5.91 Å². The Balaban J connectivity index is 1.90. The number of nitrogens with one attached hydrogen (secondary N) is 1. The van der Waals surface area contributed by atoms with E-state index in [0.29, 0.717) is 25.8 Å². The van der Waals surface area contributed by atoms with Gasteiger partial charge in [0, 0.05) is 18.9 Å². The van der Waals surface area contributed by atoms with Gasteiger partial charge in [0.15, 0.2) is 0 Å². The maximum atomic E-state index is 13.2. The van der Waals surface area contributed by atoms with Gasteiger partial charge in [0.2, 0.25) is 5.91 Å². The highest BCUT2D eigenvalue weighted by Crippen LogP contribution is 2.23. The molecule has 3 N–H and O–H groups in total. The van der Waals surface area contributed by atoms with Crippen LogP contribution in [0, 0.1) is 11.7 Å². The van der Waals surface area contributed by atoms with Gasteiger partial charge in [0.05, 0.1) is 11.1 Å². The maximum absolute atomic E-state index is 13.2. The van der Waals surface area contributed by atoms with Crippen LogP contribution in [-0.4, -0.2) is 16.8 Å². The number of primary amides is 1. The first kappa shape index (κ1) is 23.1. The van der Waals surface area contributed by atoms with Gasteiger partial charge in [-0.15, -0.1) is 0 Å². The van der Waals surface area contributed by atoms with E-state index in [9.17, 15) is 14.0 Å². The molecule has 0 atom stereocenters. The molecule has 5 nitrogen and oxygen atoms in total. The molecule has 0 radical (unpaired) electrons. The van der Waals surface area contributed by atoms with Crippen molar-refractivity contribution >= 4 is 11.8 Å². The van der Waals surface area contributed by atoms with E-state index in [4.69, 9.17) is 5.73 Å². The average molecular weight is 434 g/mol. The Kier molecular flexibility index (Phi) is 7.71. The number of nitrogens with zero attached hydrogens (tertiary/aromatic N) is 1. The van der Waals surface area contributed by atoms with Crippen molar-refractivity contribution < 1.29 is 14.0 Å². The van der Waals surface area contributed by atoms with E-state index in [1.54, 1.807) is 36.7 Å². The van der Waals surface area contributed by atoms with Crippen molar-refractivity contribution in [1.82, 2.24) is 10.3 Å². The van der Waals surface area contributed by atoms with E-state index in [1.807, 2.05) is 12.1 Å². The minimum atomic E-state index is -0.614. The summed E-state index contributed by atoms with van der Waals surface area (Å²) >= 11 is 0. The lowest BCUT2D eigenvalue weighted by Gasteiger charge is -2.17. The Hall–Kier alpha value is -3.54. The lowest BCUT2D eigenvalue weighted by molar-refractivity contribution is 0.0933. The third-order valence-corrected chi connectivity index (χ3v) is 5.19. The minimum Gasteiger partial charge on any atom is -0.366 e. The summed E-state index contributed by atoms with van der Waals surface area (Å²) in [5.41, 5.74) is 9.82. The fraction of sp³-hybridized carbons (Fsp3) is 0.269. The summed E-state index contributed by atoms with van der Waals surface area (Å²) in [6.45, 7) is 4.40. The van der Waals surface area contributed by atoms with E-state index >= 15 is 0 Å². The lowest BCUT2D eigenvalue weighted by atomic mass is 9.89. The largest absolute Gasteiger partial charge is 0.366 e. The second-order valence-electron chi connectivity index (χ2n) is 8.31. The number of aryl methyl sites for hydroxylation is 2. The van der Waals surface area contributed by atoms with Crippen LogP contribution >= 0.6 is 0 Å². The smallest absolute Gasteiger partial charge is 0.252 e. The molecule has 166 valence electrons. The Labute approximate surface area is 187 Å². The van der Waals surface area contributed by atoms with Crippen molar-refractivity contribution in [2.24, 2.45) is 11.7 Å². The average Bonchev–Trinajstić information content (AvgIpc) is 2.76. The van der Waals surface area contributed by atoms with E-state index in [2.05, 4.69) is 24.1 Å². The van der Waals surface area contributed by atoms with Crippen LogP contribution in [0.4, 0.5) is 4.39 Å². The van der Waals surface area contributed by atoms with Crippen LogP contribution in [-0.2, 0) is 25.8 Å². The SMILES string of the molecule is CC(C)Cc1cc(CCc2ccc(F)cc2)cc(C(=O)NCc2cccnc2)c1C(N)=O. The molecule has 0 unspecified atom stereocenters. The van der Waals surface area contributed by atoms with Gasteiger partial charge in [-0.05, 0) is 71.7 Å². The maximum Gasteiger partial charge on any atom is 0.252 e. The highest BCUT2D eigenvalue weighted by Gasteiger charge is 2.21. The first-order chi connectivity index (χ1) is 15.3. The third kappa shape index (κ3) is 6.23. The van der Waals surface area contributed by atoms with Crippen LogP contribution in [0.15, 0.2) is 60.9 Å². The molecule has 3 aromatic rings. The molecule has 2 amide bonds. The number of hydrogen-bond donors (Lipinski definition) is 2. The Bertz CT molecular complexity index is 1080. The van der Waals surface area contributed by atoms with Crippen molar-refractivity contribution in [1.29, 1.82) is 0 Å². The van der Waals surface area contributed by atoms with Crippen molar-refractivity contribution in [3.05, 3.63) is 100 Å². The molecule has 1 heterocycles. The zero-order valence-electron chi connectivity index (χ0n) is 18.4. The molecule has 1 aromatic heterocycles. The molecule has 0 saturated carbocycles. The van der Waals surface area contributed by atoms with Gasteiger partial charge in [-0.25, -0.2) is 4.39 Å². The number of pyridine rings is 1. The number of amides is 2. The molecule has 0 aliphatic rings. The van der Waals surface area contributed by atoms with E-state index in [-0.39, 0.29) is 28.8 Å². The van der Waals surface area contributed by atoms with Gasteiger partial charge in [-0.3, -0.25) is 14.6 Å². The van der Waals surface area contributed by atoms with Crippen molar-refractivity contribution in [2.45, 2.75) is 39.7 Å². The number of nitrogens with two attached hydrogens (primary N) is 1. The van der Waals surface area contributed by atoms with E-state index in [0.717, 1.165) is 22.3 Å². The topological polar surface area (TPSA) is 85.1 Å². The van der Waals surface area contributed by atoms with Crippen molar-refractivity contribution in [3.63, 3.8) is 0 Å². The molecule has 0 aliphatic heterocycles. The van der Waals surface area contributed by atoms with Crippen LogP contribution < -0.4 is 11.1 Å². The first-order valence-electron chi connectivity index (χ1n) is 10.7. The lowest BCUT2D eigenvalue weighted by Crippen LogP contribution is -2.28. The van der Waals surface area contributed by atoms with Crippen molar-refractivity contribution in [2.75, 3.05) is 0 Å². The second kappa shape index (κ2) is 10.7. The Morgan fingerprint density at radius 1 is 1.03 bits per heavy atom. The summed E-state index contributed by atoms with van der Waals surface area (Å²) in [7, 11) is 0. The van der Waals surface area contributed by atoms with E-state index in [1.165, 1.54) is 12.1 Å². The Morgan fingerprint density at radius 2 is 1.75 bits per heavy atom. The molecule has 6 heteroatoms. The standard InChI is InChI=1S/C26H28FN3O2/c1-17(2)12-21-13-19(6-5-18-7-9-22(27)10-8-18)14-23(24(21)25(28)31)26(32)30-16-20-4-3-11-29-15-20/h3-4,7-11,13-15,17H,5-6,12,16H2,1-2H3,(H2,28,31)(H,30,32). The quantitative estimate of drug-likeness (QED) is 0.529. The zero-order valence-corrected chi connectivity index (χ0v) is 18.4. The molecule has 0 fully saturated rings. The molecule has 3 rings (SSSR count). The summed E-state index contributed by atoms with van der Waals surface area (Å²) in [5.74, 6) is -0.952. The molecular formula is C26H28FN3O2. The summed E-state index contributed by atoms with van der Waals surface area (Å²) in [5, 5.41) is 2.87. The number of carbonyl (C=O) groups excluding carboxylic acids is 2. The number of hydrogen-bond acceptors (Lipinski definition) is 3. The number of halogens is 1. The fourth-order valence-electron chi connectivity index (χ4n) is 3.70. The monoisotopic (exact) mass is 433 g/mol. The predicted octanol–water partition coefficient (Wildman–Crippen LogP) is 4.23. The fourth-order valence-corrected chi connectivity index (χ4v) is 3.70. The minimum absolute atomic E-state index is 0.271. The first-order valence-corrected chi connectivity index (χ1v) is 10.7.